The molecule has 1 saturated heterocycles. The molecule has 1 rings (SSSR count). The summed E-state index contributed by atoms with van der Waals surface area (Å²) >= 11 is 0. The molecule has 0 nitrogen and oxygen atoms in total. The molecule has 0 spiro atoms. The van der Waals surface area contributed by atoms with Crippen molar-refractivity contribution in [1.29, 1.82) is 0 Å². The lowest BCUT2D eigenvalue weighted by molar-refractivity contribution is 0.238. The van der Waals surface area contributed by atoms with Gasteiger partial charge in [0, 0.05) is 0 Å². The lowest BCUT2D eigenvalue weighted by Crippen LogP contribution is -2.40. The average Bonchev–Trinajstić information content (AvgIpc) is 2.08. The minimum atomic E-state index is 0.101. The molecule has 0 aliphatic carbocycles. The molecule has 0 aromatic heterocycles. The van der Waals surface area contributed by atoms with E-state index in [0.29, 0.717) is 0 Å². The van der Waals surface area contributed by atoms with E-state index in [2.05, 4.69) is 41.4 Å². The fraction of sp³-hybridized carbons (Fsp3) is 1.00. The first-order chi connectivity index (χ1) is 5.46. The summed E-state index contributed by atoms with van der Waals surface area (Å²) in [5.74, 6) is 4.80. The largest absolute Gasteiger partial charge is 0.192 e. The average molecular weight is 167 g/mol. The molecular formula is C11H24B-. The first-order valence-electron chi connectivity index (χ1n) is 5.74. The Morgan fingerprint density at radius 3 is 1.33 bits per heavy atom. The fourth-order valence-corrected chi connectivity index (χ4v) is 3.27. The minimum absolute atomic E-state index is 0.101. The summed E-state index contributed by atoms with van der Waals surface area (Å²) in [5, 5.41) is 0. The molecule has 72 valence electrons. The summed E-state index contributed by atoms with van der Waals surface area (Å²) in [6.07, 6.45) is 0. The van der Waals surface area contributed by atoms with E-state index < -0.39 is 0 Å². The van der Waals surface area contributed by atoms with Gasteiger partial charge < -0.3 is 0 Å². The Hall–Kier alpha value is 0.0649. The first kappa shape index (κ1) is 10.1. The molecule has 4 atom stereocenters. The van der Waals surface area contributed by atoms with Gasteiger partial charge in [-0.15, -0.1) is 0 Å². The predicted octanol–water partition coefficient (Wildman–Crippen LogP) is 3.55. The van der Waals surface area contributed by atoms with Crippen LogP contribution in [0, 0.1) is 17.8 Å². The van der Waals surface area contributed by atoms with Gasteiger partial charge in [0.2, 0.25) is 0 Å². The maximum absolute atomic E-state index is 2.51. The maximum Gasteiger partial charge on any atom is -0.0129 e. The highest BCUT2D eigenvalue weighted by atomic mass is 14.3. The van der Waals surface area contributed by atoms with Crippen molar-refractivity contribution in [3.8, 4) is 0 Å². The van der Waals surface area contributed by atoms with Crippen molar-refractivity contribution in [3.63, 3.8) is 0 Å². The van der Waals surface area contributed by atoms with Gasteiger partial charge in [0.25, 0.3) is 0 Å². The molecule has 1 heterocycles. The van der Waals surface area contributed by atoms with Gasteiger partial charge in [-0.05, 0) is 12.6 Å². The third-order valence-corrected chi connectivity index (χ3v) is 5.49. The van der Waals surface area contributed by atoms with E-state index >= 15 is 0 Å². The van der Waals surface area contributed by atoms with Crippen LogP contribution in [0.2, 0.25) is 18.5 Å². The molecule has 0 radical (unpaired) electrons. The predicted molar refractivity (Wildman–Crippen MR) is 59.4 cm³/mol. The molecule has 1 aliphatic rings. The van der Waals surface area contributed by atoms with E-state index in [9.17, 15) is 0 Å². The molecule has 0 amide bonds. The highest BCUT2D eigenvalue weighted by molar-refractivity contribution is 6.60. The van der Waals surface area contributed by atoms with Crippen molar-refractivity contribution < 1.29 is 0 Å². The summed E-state index contributed by atoms with van der Waals surface area (Å²) in [4.78, 5) is 0. The highest BCUT2D eigenvalue weighted by Gasteiger charge is 2.33. The van der Waals surface area contributed by atoms with Crippen LogP contribution >= 0.6 is 0 Å². The summed E-state index contributed by atoms with van der Waals surface area (Å²) in [7, 11) is 0. The van der Waals surface area contributed by atoms with Gasteiger partial charge in [0.15, 0.2) is 0 Å². The van der Waals surface area contributed by atoms with Crippen molar-refractivity contribution in [2.75, 3.05) is 0 Å². The summed E-state index contributed by atoms with van der Waals surface area (Å²) in [6.45, 7) is 14.9. The Morgan fingerprint density at radius 1 is 0.667 bits per heavy atom. The molecule has 1 aliphatic heterocycles. The first-order valence-corrected chi connectivity index (χ1v) is 5.74. The summed E-state index contributed by atoms with van der Waals surface area (Å²) in [5.41, 5.74) is 0. The van der Waals surface area contributed by atoms with Crippen molar-refractivity contribution in [2.24, 2.45) is 17.8 Å². The zero-order chi connectivity index (χ0) is 9.46. The Morgan fingerprint density at radius 2 is 1.00 bits per heavy atom. The van der Waals surface area contributed by atoms with Gasteiger partial charge in [0.05, 0.1) is 0 Å². The topological polar surface area (TPSA) is 0 Å². The Balaban J connectivity index is 2.76. The van der Waals surface area contributed by atoms with Gasteiger partial charge in [-0.1, -0.05) is 46.5 Å². The molecule has 4 unspecified atom stereocenters. The van der Waals surface area contributed by atoms with E-state index in [0.717, 1.165) is 29.4 Å². The number of rotatable bonds is 0. The maximum atomic E-state index is 2.51. The molecule has 1 fully saturated rings. The zero-order valence-electron chi connectivity index (χ0n) is 9.59. The third kappa shape index (κ3) is 1.43. The monoisotopic (exact) mass is 167 g/mol. The normalized spacial score (nSPS) is 55.5. The second-order valence-corrected chi connectivity index (χ2v) is 5.58. The molecule has 0 N–H and O–H groups in total. The lowest BCUT2D eigenvalue weighted by atomic mass is 9.28. The summed E-state index contributed by atoms with van der Waals surface area (Å²) in [6, 6.07) is 0. The highest BCUT2D eigenvalue weighted by Crippen LogP contribution is 2.46. The van der Waals surface area contributed by atoms with Crippen LogP contribution in [-0.4, -0.2) is 6.71 Å². The Labute approximate surface area is 78.2 Å². The lowest BCUT2D eigenvalue weighted by Gasteiger charge is -2.50. The molecule has 0 aromatic rings. The van der Waals surface area contributed by atoms with Crippen molar-refractivity contribution in [1.82, 2.24) is 0 Å². The van der Waals surface area contributed by atoms with Gasteiger partial charge in [0.1, 0.15) is 0 Å². The van der Waals surface area contributed by atoms with Crippen molar-refractivity contribution >= 4 is 6.71 Å². The minimum Gasteiger partial charge on any atom is -0.192 e. The van der Waals surface area contributed by atoms with E-state index in [1.807, 2.05) is 0 Å². The molecule has 0 aromatic carbocycles. The molecule has 0 bridgehead atoms. The van der Waals surface area contributed by atoms with Crippen LogP contribution in [0.15, 0.2) is 0 Å². The number of hydrogen-bond acceptors (Lipinski definition) is 0. The molecule has 0 saturated carbocycles. The van der Waals surface area contributed by atoms with Crippen LogP contribution < -0.4 is 0 Å². The van der Waals surface area contributed by atoms with Crippen molar-refractivity contribution in [2.45, 2.75) is 53.1 Å². The van der Waals surface area contributed by atoms with Crippen LogP contribution in [-0.2, 0) is 0 Å². The van der Waals surface area contributed by atoms with E-state index in [-0.39, 0.29) is 6.71 Å². The van der Waals surface area contributed by atoms with Gasteiger partial charge in [-0.25, -0.2) is 0 Å². The van der Waals surface area contributed by atoms with Crippen LogP contribution in [0.3, 0.4) is 0 Å². The molecule has 1 heteroatoms. The smallest absolute Gasteiger partial charge is 0.0129 e. The van der Waals surface area contributed by atoms with E-state index in [1.54, 1.807) is 0 Å². The molecule has 12 heavy (non-hydrogen) atoms. The Bertz CT molecular complexity index is 96.6. The SMILES string of the molecule is C[BH-]1C(C)C(C)C(C)C(C)C1C. The quantitative estimate of drug-likeness (QED) is 0.484. The van der Waals surface area contributed by atoms with Gasteiger partial charge in [-0.3, -0.25) is 0 Å². The second kappa shape index (κ2) is 3.43. The van der Waals surface area contributed by atoms with Gasteiger partial charge in [-0.2, -0.15) is 18.5 Å². The second-order valence-electron chi connectivity index (χ2n) is 5.58. The number of hydrogen-bond donors (Lipinski definition) is 0. The Kier molecular flexibility index (Phi) is 2.90. The third-order valence-electron chi connectivity index (χ3n) is 5.49. The van der Waals surface area contributed by atoms with Crippen LogP contribution in [0.4, 0.5) is 0 Å². The summed E-state index contributed by atoms with van der Waals surface area (Å²) < 4.78 is 0. The van der Waals surface area contributed by atoms with Crippen LogP contribution in [0.25, 0.3) is 0 Å². The van der Waals surface area contributed by atoms with Crippen molar-refractivity contribution in [3.05, 3.63) is 0 Å². The standard InChI is InChI=1S/C11H24B/c1-7-8(2)10(4)12(6)11(5)9(7)3/h7-12H,1-6H3/q-1. The van der Waals surface area contributed by atoms with Crippen LogP contribution in [0.1, 0.15) is 34.6 Å². The fourth-order valence-electron chi connectivity index (χ4n) is 3.27. The van der Waals surface area contributed by atoms with E-state index in [4.69, 9.17) is 0 Å². The zero-order valence-corrected chi connectivity index (χ0v) is 9.59. The molecular weight excluding hydrogens is 143 g/mol. The van der Waals surface area contributed by atoms with Gasteiger partial charge >= 0.3 is 0 Å². The van der Waals surface area contributed by atoms with Crippen LogP contribution in [0.5, 0.6) is 0 Å². The van der Waals surface area contributed by atoms with E-state index in [1.165, 1.54) is 0 Å².